The van der Waals surface area contributed by atoms with Crippen LogP contribution in [0, 0.1) is 0 Å². The first-order chi connectivity index (χ1) is 8.29. The van der Waals surface area contributed by atoms with E-state index >= 15 is 0 Å². The lowest BCUT2D eigenvalue weighted by Gasteiger charge is -2.01. The summed E-state index contributed by atoms with van der Waals surface area (Å²) in [6, 6.07) is 5.87. The molecule has 106 valence electrons. The van der Waals surface area contributed by atoms with Crippen LogP contribution in [-0.4, -0.2) is 28.4 Å². The average Bonchev–Trinajstić information content (AvgIpc) is 2.71. The SMILES string of the molecule is Cl.Cl.NCCC(=O)NCCc1cn2ccccc2n1. The van der Waals surface area contributed by atoms with E-state index in [1.807, 2.05) is 35.0 Å². The van der Waals surface area contributed by atoms with E-state index in [1.54, 1.807) is 0 Å². The Labute approximate surface area is 124 Å². The molecule has 0 spiro atoms. The molecule has 1 amide bonds. The molecule has 0 fully saturated rings. The minimum Gasteiger partial charge on any atom is -0.356 e. The molecule has 3 N–H and O–H groups in total. The highest BCUT2D eigenvalue weighted by Gasteiger charge is 2.02. The number of imidazole rings is 1. The van der Waals surface area contributed by atoms with E-state index in [-0.39, 0.29) is 30.7 Å². The van der Waals surface area contributed by atoms with Gasteiger partial charge < -0.3 is 15.5 Å². The van der Waals surface area contributed by atoms with Crippen LogP contribution in [0.1, 0.15) is 12.1 Å². The van der Waals surface area contributed by atoms with Gasteiger partial charge in [0.05, 0.1) is 5.69 Å². The van der Waals surface area contributed by atoms with Crippen molar-refractivity contribution in [2.75, 3.05) is 13.1 Å². The summed E-state index contributed by atoms with van der Waals surface area (Å²) in [4.78, 5) is 15.6. The third kappa shape index (κ3) is 5.06. The van der Waals surface area contributed by atoms with Crippen LogP contribution in [0.15, 0.2) is 30.6 Å². The molecule has 0 saturated carbocycles. The molecule has 0 saturated heterocycles. The summed E-state index contributed by atoms with van der Waals surface area (Å²) in [7, 11) is 0. The maximum atomic E-state index is 11.2. The molecule has 0 bridgehead atoms. The van der Waals surface area contributed by atoms with Gasteiger partial charge in [0.15, 0.2) is 0 Å². The molecule has 0 radical (unpaired) electrons. The van der Waals surface area contributed by atoms with Crippen molar-refractivity contribution in [1.82, 2.24) is 14.7 Å². The largest absolute Gasteiger partial charge is 0.356 e. The van der Waals surface area contributed by atoms with Crippen LogP contribution in [0.3, 0.4) is 0 Å². The zero-order chi connectivity index (χ0) is 12.1. The lowest BCUT2D eigenvalue weighted by molar-refractivity contribution is -0.120. The summed E-state index contributed by atoms with van der Waals surface area (Å²) in [6.07, 6.45) is 5.05. The molecule has 0 aromatic carbocycles. The molecule has 19 heavy (non-hydrogen) atoms. The van der Waals surface area contributed by atoms with Gasteiger partial charge >= 0.3 is 0 Å². The Kier molecular flexibility index (Phi) is 8.14. The van der Waals surface area contributed by atoms with Crippen LogP contribution in [0.25, 0.3) is 5.65 Å². The van der Waals surface area contributed by atoms with Crippen LogP contribution in [0.4, 0.5) is 0 Å². The number of aromatic nitrogens is 2. The number of nitrogens with zero attached hydrogens (tertiary/aromatic N) is 2. The monoisotopic (exact) mass is 304 g/mol. The predicted molar refractivity (Wildman–Crippen MR) is 80.1 cm³/mol. The van der Waals surface area contributed by atoms with Crippen molar-refractivity contribution in [3.05, 3.63) is 36.3 Å². The maximum absolute atomic E-state index is 11.2. The average molecular weight is 305 g/mol. The van der Waals surface area contributed by atoms with Crippen molar-refractivity contribution < 1.29 is 4.79 Å². The third-order valence-electron chi connectivity index (χ3n) is 2.49. The summed E-state index contributed by atoms with van der Waals surface area (Å²) >= 11 is 0. The summed E-state index contributed by atoms with van der Waals surface area (Å²) in [5.74, 6) is -0.00346. The molecule has 0 aliphatic rings. The van der Waals surface area contributed by atoms with E-state index in [0.717, 1.165) is 17.8 Å². The molecule has 2 rings (SSSR count). The lowest BCUT2D eigenvalue weighted by Crippen LogP contribution is -2.27. The first-order valence-corrected chi connectivity index (χ1v) is 5.69. The Morgan fingerprint density at radius 2 is 2.16 bits per heavy atom. The van der Waals surface area contributed by atoms with Gasteiger partial charge in [-0.3, -0.25) is 4.79 Å². The number of fused-ring (bicyclic) bond motifs is 1. The number of amides is 1. The van der Waals surface area contributed by atoms with Gasteiger partial charge in [0, 0.05) is 38.3 Å². The highest BCUT2D eigenvalue weighted by molar-refractivity contribution is 5.85. The first-order valence-electron chi connectivity index (χ1n) is 5.69. The number of rotatable bonds is 5. The molecule has 2 heterocycles. The minimum absolute atomic E-state index is 0. The second kappa shape index (κ2) is 8.74. The number of hydrogen-bond acceptors (Lipinski definition) is 3. The standard InChI is InChI=1S/C12H16N4O.2ClH/c13-6-4-12(17)14-7-5-10-9-16-8-2-1-3-11(16)15-10;;/h1-3,8-9H,4-7,13H2,(H,14,17);2*1H. The smallest absolute Gasteiger partial charge is 0.221 e. The van der Waals surface area contributed by atoms with Crippen molar-refractivity contribution >= 4 is 36.4 Å². The fourth-order valence-corrected chi connectivity index (χ4v) is 1.66. The summed E-state index contributed by atoms with van der Waals surface area (Å²) in [5, 5.41) is 2.81. The second-order valence-electron chi connectivity index (χ2n) is 3.84. The van der Waals surface area contributed by atoms with Crippen molar-refractivity contribution in [2.45, 2.75) is 12.8 Å². The van der Waals surface area contributed by atoms with E-state index in [9.17, 15) is 4.79 Å². The first kappa shape index (κ1) is 17.7. The summed E-state index contributed by atoms with van der Waals surface area (Å²) in [6.45, 7) is 0.989. The fraction of sp³-hybridized carbons (Fsp3) is 0.333. The molecule has 0 atom stereocenters. The van der Waals surface area contributed by atoms with Crippen molar-refractivity contribution in [3.63, 3.8) is 0 Å². The predicted octanol–water partition coefficient (Wildman–Crippen LogP) is 1.19. The van der Waals surface area contributed by atoms with Crippen molar-refractivity contribution in [3.8, 4) is 0 Å². The zero-order valence-corrected chi connectivity index (χ0v) is 12.0. The number of nitrogens with two attached hydrogens (primary N) is 1. The molecule has 0 aliphatic heterocycles. The quantitative estimate of drug-likeness (QED) is 0.871. The maximum Gasteiger partial charge on any atom is 0.221 e. The van der Waals surface area contributed by atoms with Gasteiger partial charge in [0.25, 0.3) is 0 Å². The van der Waals surface area contributed by atoms with E-state index in [4.69, 9.17) is 5.73 Å². The number of halogens is 2. The highest BCUT2D eigenvalue weighted by Crippen LogP contribution is 2.04. The van der Waals surface area contributed by atoms with Crippen LogP contribution in [-0.2, 0) is 11.2 Å². The third-order valence-corrected chi connectivity index (χ3v) is 2.49. The molecule has 2 aromatic heterocycles. The Bertz CT molecular complexity index is 482. The molecule has 0 aliphatic carbocycles. The fourth-order valence-electron chi connectivity index (χ4n) is 1.66. The Morgan fingerprint density at radius 1 is 1.37 bits per heavy atom. The number of pyridine rings is 1. The normalized spacial score (nSPS) is 9.53. The van der Waals surface area contributed by atoms with E-state index in [2.05, 4.69) is 10.3 Å². The zero-order valence-electron chi connectivity index (χ0n) is 10.4. The molecular weight excluding hydrogens is 287 g/mol. The number of carbonyl (C=O) groups excluding carboxylic acids is 1. The summed E-state index contributed by atoms with van der Waals surface area (Å²) in [5.41, 5.74) is 7.19. The number of carbonyl (C=O) groups is 1. The molecular formula is C12H18Cl2N4O. The van der Waals surface area contributed by atoms with Crippen LogP contribution in [0.5, 0.6) is 0 Å². The van der Waals surface area contributed by atoms with Gasteiger partial charge in [-0.15, -0.1) is 24.8 Å². The Hall–Kier alpha value is -1.30. The lowest BCUT2D eigenvalue weighted by atomic mass is 10.3. The Balaban J connectivity index is 0.00000162. The van der Waals surface area contributed by atoms with Crippen LogP contribution < -0.4 is 11.1 Å². The number of nitrogens with one attached hydrogen (secondary N) is 1. The van der Waals surface area contributed by atoms with Gasteiger partial charge in [-0.05, 0) is 12.1 Å². The molecule has 0 unspecified atom stereocenters. The van der Waals surface area contributed by atoms with E-state index < -0.39 is 0 Å². The van der Waals surface area contributed by atoms with E-state index in [1.165, 1.54) is 0 Å². The molecule has 7 heteroatoms. The minimum atomic E-state index is -0.00346. The van der Waals surface area contributed by atoms with Gasteiger partial charge in [-0.1, -0.05) is 6.07 Å². The van der Waals surface area contributed by atoms with Crippen molar-refractivity contribution in [2.24, 2.45) is 5.73 Å². The van der Waals surface area contributed by atoms with Gasteiger partial charge in [0.2, 0.25) is 5.91 Å². The van der Waals surface area contributed by atoms with Gasteiger partial charge in [-0.25, -0.2) is 4.98 Å². The van der Waals surface area contributed by atoms with Gasteiger partial charge in [-0.2, -0.15) is 0 Å². The number of hydrogen-bond donors (Lipinski definition) is 2. The topological polar surface area (TPSA) is 72.4 Å². The van der Waals surface area contributed by atoms with Gasteiger partial charge in [0.1, 0.15) is 5.65 Å². The van der Waals surface area contributed by atoms with Crippen molar-refractivity contribution in [1.29, 1.82) is 0 Å². The van der Waals surface area contributed by atoms with E-state index in [0.29, 0.717) is 19.5 Å². The van der Waals surface area contributed by atoms with Crippen LogP contribution >= 0.6 is 24.8 Å². The summed E-state index contributed by atoms with van der Waals surface area (Å²) < 4.78 is 1.97. The molecule has 5 nitrogen and oxygen atoms in total. The molecule has 2 aromatic rings. The van der Waals surface area contributed by atoms with Crippen LogP contribution in [0.2, 0.25) is 0 Å². The highest BCUT2D eigenvalue weighted by atomic mass is 35.5. The second-order valence-corrected chi connectivity index (χ2v) is 3.84. The Morgan fingerprint density at radius 3 is 2.84 bits per heavy atom.